The molecule has 0 bridgehead atoms. The Morgan fingerprint density at radius 1 is 1.16 bits per heavy atom. The molecule has 6 heteroatoms. The number of carbonyl (C=O) groups excluding carboxylic acids is 1. The first-order valence-corrected chi connectivity index (χ1v) is 6.48. The number of fused-ring (bicyclic) bond motifs is 1. The number of ether oxygens (including phenoxy) is 5. The van der Waals surface area contributed by atoms with E-state index in [0.29, 0.717) is 25.4 Å². The first-order valence-electron chi connectivity index (χ1n) is 6.48. The van der Waals surface area contributed by atoms with Gasteiger partial charge in [0.2, 0.25) is 0 Å². The highest BCUT2D eigenvalue weighted by molar-refractivity contribution is 5.87. The second kappa shape index (κ2) is 5.20. The first kappa shape index (κ1) is 13.1. The topological polar surface area (TPSA) is 66.5 Å². The molecule has 3 heterocycles. The summed E-state index contributed by atoms with van der Waals surface area (Å²) in [5.41, 5.74) is 0.375. The van der Waals surface area contributed by atoms with Crippen molar-refractivity contribution in [2.24, 2.45) is 0 Å². The number of epoxide rings is 1. The van der Waals surface area contributed by atoms with Crippen molar-refractivity contribution < 1.29 is 28.5 Å². The van der Waals surface area contributed by atoms with Crippen LogP contribution < -0.4 is 0 Å². The molecule has 0 amide bonds. The lowest BCUT2D eigenvalue weighted by atomic mass is 10.1. The number of rotatable bonds is 5. The summed E-state index contributed by atoms with van der Waals surface area (Å²) < 4.78 is 27.4. The van der Waals surface area contributed by atoms with Gasteiger partial charge in [-0.3, -0.25) is 0 Å². The molecule has 0 N–H and O–H groups in total. The number of hydrogen-bond acceptors (Lipinski definition) is 6. The molecule has 3 saturated heterocycles. The van der Waals surface area contributed by atoms with E-state index in [-0.39, 0.29) is 30.5 Å². The zero-order valence-corrected chi connectivity index (χ0v) is 10.9. The SMILES string of the molecule is C=C(C)C(=O)OC1CO[C@H]2[C@@H]1OC[C@H]2OCC1CO1. The fraction of sp³-hybridized carbons (Fsp3) is 0.769. The summed E-state index contributed by atoms with van der Waals surface area (Å²) >= 11 is 0. The molecule has 3 rings (SSSR count). The number of esters is 1. The molecule has 0 spiro atoms. The van der Waals surface area contributed by atoms with Crippen molar-refractivity contribution in [2.75, 3.05) is 26.4 Å². The quantitative estimate of drug-likeness (QED) is 0.400. The van der Waals surface area contributed by atoms with Crippen molar-refractivity contribution in [1.29, 1.82) is 0 Å². The van der Waals surface area contributed by atoms with E-state index in [1.54, 1.807) is 6.92 Å². The predicted octanol–water partition coefficient (Wildman–Crippen LogP) is 0.0559. The highest BCUT2D eigenvalue weighted by Gasteiger charge is 2.50. The molecular formula is C13H18O6. The van der Waals surface area contributed by atoms with Crippen LogP contribution in [0.5, 0.6) is 0 Å². The van der Waals surface area contributed by atoms with E-state index in [4.69, 9.17) is 23.7 Å². The molecule has 5 atom stereocenters. The lowest BCUT2D eigenvalue weighted by molar-refractivity contribution is -0.149. The van der Waals surface area contributed by atoms with Gasteiger partial charge in [0.05, 0.1) is 26.4 Å². The Morgan fingerprint density at radius 2 is 1.79 bits per heavy atom. The average molecular weight is 270 g/mol. The molecule has 0 saturated carbocycles. The number of carbonyl (C=O) groups is 1. The van der Waals surface area contributed by atoms with Gasteiger partial charge >= 0.3 is 5.97 Å². The van der Waals surface area contributed by atoms with E-state index in [0.717, 1.165) is 6.61 Å². The van der Waals surface area contributed by atoms with Crippen molar-refractivity contribution in [3.05, 3.63) is 12.2 Å². The summed E-state index contributed by atoms with van der Waals surface area (Å²) in [6.45, 7) is 7.31. The zero-order valence-electron chi connectivity index (χ0n) is 10.9. The maximum absolute atomic E-state index is 11.5. The number of hydrogen-bond donors (Lipinski definition) is 0. The van der Waals surface area contributed by atoms with Crippen LogP contribution in [0.3, 0.4) is 0 Å². The van der Waals surface area contributed by atoms with Gasteiger partial charge in [0.15, 0.2) is 6.10 Å². The van der Waals surface area contributed by atoms with Crippen molar-refractivity contribution >= 4 is 5.97 Å². The van der Waals surface area contributed by atoms with E-state index in [9.17, 15) is 4.79 Å². The van der Waals surface area contributed by atoms with Gasteiger partial charge in [-0.05, 0) is 6.92 Å². The normalized spacial score (nSPS) is 39.9. The highest BCUT2D eigenvalue weighted by Crippen LogP contribution is 2.31. The third-order valence-electron chi connectivity index (χ3n) is 3.47. The Morgan fingerprint density at radius 3 is 2.42 bits per heavy atom. The van der Waals surface area contributed by atoms with Crippen LogP contribution >= 0.6 is 0 Å². The first-order chi connectivity index (χ1) is 9.15. The molecule has 0 aromatic rings. The monoisotopic (exact) mass is 270 g/mol. The van der Waals surface area contributed by atoms with Crippen LogP contribution in [-0.2, 0) is 28.5 Å². The molecule has 6 nitrogen and oxygen atoms in total. The van der Waals surface area contributed by atoms with Crippen LogP contribution in [-0.4, -0.2) is 62.9 Å². The Balaban J connectivity index is 1.52. The van der Waals surface area contributed by atoms with E-state index in [1.165, 1.54) is 0 Å². The standard InChI is InChI=1S/C13H18O6/c1-7(2)13(14)19-10-6-18-11-9(5-17-12(10)11)16-4-8-3-15-8/h8-12H,1,3-6H2,2H3/t8?,9-,10?,11-,12-/m1/s1. The van der Waals surface area contributed by atoms with Crippen molar-refractivity contribution in [1.82, 2.24) is 0 Å². The Hall–Kier alpha value is -0.950. The van der Waals surface area contributed by atoms with Crippen LogP contribution in [0, 0.1) is 0 Å². The van der Waals surface area contributed by atoms with Gasteiger partial charge in [-0.25, -0.2) is 4.79 Å². The summed E-state index contributed by atoms with van der Waals surface area (Å²) in [5, 5.41) is 0. The molecule has 0 aromatic heterocycles. The van der Waals surface area contributed by atoms with Crippen LogP contribution in [0.25, 0.3) is 0 Å². The summed E-state index contributed by atoms with van der Waals surface area (Å²) in [6, 6.07) is 0. The van der Waals surface area contributed by atoms with Crippen molar-refractivity contribution in [3.63, 3.8) is 0 Å². The minimum absolute atomic E-state index is 0.109. The van der Waals surface area contributed by atoms with E-state index in [2.05, 4.69) is 6.58 Å². The predicted molar refractivity (Wildman–Crippen MR) is 63.7 cm³/mol. The van der Waals surface area contributed by atoms with E-state index in [1.807, 2.05) is 0 Å². The van der Waals surface area contributed by atoms with E-state index < -0.39 is 5.97 Å². The summed E-state index contributed by atoms with van der Waals surface area (Å²) in [6.07, 6.45) is -0.671. The molecule has 2 unspecified atom stereocenters. The molecule has 0 aromatic carbocycles. The van der Waals surface area contributed by atoms with Gasteiger partial charge < -0.3 is 23.7 Å². The van der Waals surface area contributed by atoms with Crippen molar-refractivity contribution in [2.45, 2.75) is 37.4 Å². The fourth-order valence-corrected chi connectivity index (χ4v) is 2.31. The van der Waals surface area contributed by atoms with Crippen molar-refractivity contribution in [3.8, 4) is 0 Å². The smallest absolute Gasteiger partial charge is 0.333 e. The summed E-state index contributed by atoms with van der Waals surface area (Å²) in [7, 11) is 0. The molecule has 0 radical (unpaired) electrons. The van der Waals surface area contributed by atoms with Crippen LogP contribution in [0.15, 0.2) is 12.2 Å². The highest BCUT2D eigenvalue weighted by atomic mass is 16.7. The fourth-order valence-electron chi connectivity index (χ4n) is 2.31. The van der Waals surface area contributed by atoms with Crippen LogP contribution in [0.1, 0.15) is 6.92 Å². The van der Waals surface area contributed by atoms with Gasteiger partial charge in [0.1, 0.15) is 24.4 Å². The van der Waals surface area contributed by atoms with Gasteiger partial charge in [-0.15, -0.1) is 0 Å². The Kier molecular flexibility index (Phi) is 3.58. The zero-order chi connectivity index (χ0) is 13.4. The molecule has 106 valence electrons. The lowest BCUT2D eigenvalue weighted by Crippen LogP contribution is -2.35. The van der Waals surface area contributed by atoms with Crippen LogP contribution in [0.4, 0.5) is 0 Å². The van der Waals surface area contributed by atoms with Gasteiger partial charge in [-0.2, -0.15) is 0 Å². The van der Waals surface area contributed by atoms with Gasteiger partial charge in [-0.1, -0.05) is 6.58 Å². The minimum Gasteiger partial charge on any atom is -0.454 e. The average Bonchev–Trinajstić information content (AvgIpc) is 2.99. The van der Waals surface area contributed by atoms with Gasteiger partial charge in [0.25, 0.3) is 0 Å². The van der Waals surface area contributed by atoms with Gasteiger partial charge in [0, 0.05) is 5.57 Å². The maximum atomic E-state index is 11.5. The molecule has 19 heavy (non-hydrogen) atoms. The second-order valence-electron chi connectivity index (χ2n) is 5.15. The third-order valence-corrected chi connectivity index (χ3v) is 3.47. The molecule has 3 aliphatic rings. The minimum atomic E-state index is -0.409. The molecule has 3 aliphatic heterocycles. The summed E-state index contributed by atoms with van der Waals surface area (Å²) in [4.78, 5) is 11.5. The summed E-state index contributed by atoms with van der Waals surface area (Å²) in [5.74, 6) is -0.409. The van der Waals surface area contributed by atoms with E-state index >= 15 is 0 Å². The Bertz CT molecular complexity index is 377. The maximum Gasteiger partial charge on any atom is 0.333 e. The molecule has 3 fully saturated rings. The Labute approximate surface area is 111 Å². The largest absolute Gasteiger partial charge is 0.454 e. The molecule has 0 aliphatic carbocycles. The van der Waals surface area contributed by atoms with Crippen LogP contribution in [0.2, 0.25) is 0 Å². The third kappa shape index (κ3) is 2.81. The lowest BCUT2D eigenvalue weighted by Gasteiger charge is -2.17. The molecular weight excluding hydrogens is 252 g/mol. The second-order valence-corrected chi connectivity index (χ2v) is 5.15.